The Balaban J connectivity index is 0.000000208. The van der Waals surface area contributed by atoms with Crippen LogP contribution in [0.4, 0.5) is 22.7 Å². The predicted molar refractivity (Wildman–Crippen MR) is 113 cm³/mol. The first-order valence-electron chi connectivity index (χ1n) is 8.63. The number of nitrogen functional groups attached to an aromatic ring is 2. The summed E-state index contributed by atoms with van der Waals surface area (Å²) in [5.74, 6) is 0.758. The zero-order chi connectivity index (χ0) is 19.8. The molecule has 0 spiro atoms. The fourth-order valence-electron chi connectivity index (χ4n) is 2.26. The summed E-state index contributed by atoms with van der Waals surface area (Å²) in [4.78, 5) is 0. The van der Waals surface area contributed by atoms with Crippen LogP contribution in [-0.2, 0) is 0 Å². The monoisotopic (exact) mass is 362 g/mol. The normalized spacial score (nSPS) is 10.4. The lowest BCUT2D eigenvalue weighted by Gasteiger charge is -2.07. The second-order valence-corrected chi connectivity index (χ2v) is 6.31. The van der Waals surface area contributed by atoms with Crippen molar-refractivity contribution in [2.45, 2.75) is 20.8 Å². The molecule has 3 aromatic rings. The van der Waals surface area contributed by atoms with Crippen LogP contribution >= 0.6 is 0 Å². The minimum absolute atomic E-state index is 0.704. The van der Waals surface area contributed by atoms with Crippen molar-refractivity contribution in [2.24, 2.45) is 10.2 Å². The van der Waals surface area contributed by atoms with E-state index in [9.17, 15) is 0 Å². The Labute approximate surface area is 160 Å². The number of nitrogens with zero attached hydrogens (tertiary/aromatic N) is 2. The van der Waals surface area contributed by atoms with E-state index in [4.69, 9.17) is 16.2 Å². The molecule has 0 saturated carbocycles. The molecule has 3 aromatic carbocycles. The van der Waals surface area contributed by atoms with E-state index in [1.54, 1.807) is 7.11 Å². The van der Waals surface area contributed by atoms with Crippen molar-refractivity contribution in [2.75, 3.05) is 18.6 Å². The van der Waals surface area contributed by atoms with Crippen molar-refractivity contribution < 1.29 is 4.74 Å². The maximum atomic E-state index is 5.68. The number of hydrogen-bond acceptors (Lipinski definition) is 5. The van der Waals surface area contributed by atoms with E-state index in [2.05, 4.69) is 10.2 Å². The van der Waals surface area contributed by atoms with Crippen molar-refractivity contribution in [1.29, 1.82) is 0 Å². The molecule has 0 amide bonds. The first-order valence-corrected chi connectivity index (χ1v) is 8.63. The standard InChI is InChI=1S/C13H13N3.C9H13NO/c1-10-2-6-12(7-3-10)15-16-13-8-4-11(14)5-9-13;1-6-4-8(10)9(11-3)5-7(6)2/h2-9H,14H2,1H3;4-5H,10H2,1-3H3. The SMILES string of the molecule is COc1cc(C)c(C)cc1N.Cc1ccc(N=Nc2ccc(N)cc2)cc1. The zero-order valence-electron chi connectivity index (χ0n) is 16.2. The lowest BCUT2D eigenvalue weighted by atomic mass is 10.1. The molecule has 0 aliphatic heterocycles. The third-order valence-corrected chi connectivity index (χ3v) is 4.05. The quantitative estimate of drug-likeness (QED) is 0.450. The van der Waals surface area contributed by atoms with Gasteiger partial charge in [0.15, 0.2) is 0 Å². The van der Waals surface area contributed by atoms with Gasteiger partial charge in [-0.15, -0.1) is 0 Å². The first-order chi connectivity index (χ1) is 12.9. The van der Waals surface area contributed by atoms with Crippen LogP contribution in [0.1, 0.15) is 16.7 Å². The number of aryl methyl sites for hydroxylation is 3. The highest BCUT2D eigenvalue weighted by Crippen LogP contribution is 2.24. The van der Waals surface area contributed by atoms with E-state index in [1.807, 2.05) is 81.4 Å². The van der Waals surface area contributed by atoms with Gasteiger partial charge in [-0.2, -0.15) is 10.2 Å². The third-order valence-electron chi connectivity index (χ3n) is 4.05. The van der Waals surface area contributed by atoms with E-state index in [-0.39, 0.29) is 0 Å². The van der Waals surface area contributed by atoms with E-state index >= 15 is 0 Å². The topological polar surface area (TPSA) is 86.0 Å². The Bertz CT molecular complexity index is 853. The molecule has 3 rings (SSSR count). The average Bonchev–Trinajstić information content (AvgIpc) is 2.66. The molecule has 4 N–H and O–H groups in total. The van der Waals surface area contributed by atoms with E-state index in [1.165, 1.54) is 16.7 Å². The van der Waals surface area contributed by atoms with Crippen LogP contribution in [-0.4, -0.2) is 7.11 Å². The Kier molecular flexibility index (Phi) is 6.94. The van der Waals surface area contributed by atoms with Crippen molar-refractivity contribution in [1.82, 2.24) is 0 Å². The molecular formula is C22H26N4O. The van der Waals surface area contributed by atoms with Crippen molar-refractivity contribution in [3.05, 3.63) is 77.4 Å². The summed E-state index contributed by atoms with van der Waals surface area (Å²) in [6, 6.07) is 19.1. The van der Waals surface area contributed by atoms with Gasteiger partial charge in [0.05, 0.1) is 24.2 Å². The molecule has 0 aromatic heterocycles. The molecule has 5 heteroatoms. The molecule has 27 heavy (non-hydrogen) atoms. The largest absolute Gasteiger partial charge is 0.495 e. The minimum Gasteiger partial charge on any atom is -0.495 e. The highest BCUT2D eigenvalue weighted by atomic mass is 16.5. The fraction of sp³-hybridized carbons (Fsp3) is 0.182. The number of ether oxygens (including phenoxy) is 1. The van der Waals surface area contributed by atoms with Gasteiger partial charge in [0.25, 0.3) is 0 Å². The lowest BCUT2D eigenvalue weighted by molar-refractivity contribution is 0.416. The maximum absolute atomic E-state index is 5.68. The van der Waals surface area contributed by atoms with Gasteiger partial charge < -0.3 is 16.2 Å². The van der Waals surface area contributed by atoms with E-state index in [0.29, 0.717) is 5.69 Å². The third kappa shape index (κ3) is 6.15. The number of benzene rings is 3. The van der Waals surface area contributed by atoms with Crippen LogP contribution in [0.3, 0.4) is 0 Å². The molecule has 140 valence electrons. The Morgan fingerprint density at radius 3 is 1.70 bits per heavy atom. The average molecular weight is 362 g/mol. The number of hydrogen-bond donors (Lipinski definition) is 2. The van der Waals surface area contributed by atoms with Gasteiger partial charge in [0, 0.05) is 5.69 Å². The molecule has 0 heterocycles. The van der Waals surface area contributed by atoms with Crippen LogP contribution < -0.4 is 16.2 Å². The Hall–Kier alpha value is -3.34. The first kappa shape index (κ1) is 20.0. The number of azo groups is 1. The molecule has 0 saturated heterocycles. The maximum Gasteiger partial charge on any atom is 0.142 e. The molecule has 0 fully saturated rings. The second-order valence-electron chi connectivity index (χ2n) is 6.31. The number of rotatable bonds is 3. The molecule has 5 nitrogen and oxygen atoms in total. The van der Waals surface area contributed by atoms with Crippen LogP contribution in [0.2, 0.25) is 0 Å². The number of nitrogens with two attached hydrogens (primary N) is 2. The van der Waals surface area contributed by atoms with Gasteiger partial charge in [-0.25, -0.2) is 0 Å². The lowest BCUT2D eigenvalue weighted by Crippen LogP contribution is -1.94. The summed E-state index contributed by atoms with van der Waals surface area (Å²) in [5.41, 5.74) is 18.0. The van der Waals surface area contributed by atoms with E-state index < -0.39 is 0 Å². The van der Waals surface area contributed by atoms with Gasteiger partial charge in [-0.05, 0) is 80.4 Å². The summed E-state index contributed by atoms with van der Waals surface area (Å²) in [5, 5.41) is 8.25. The zero-order valence-corrected chi connectivity index (χ0v) is 16.2. The van der Waals surface area contributed by atoms with Crippen molar-refractivity contribution >= 4 is 22.7 Å². The highest BCUT2D eigenvalue weighted by molar-refractivity contribution is 5.56. The minimum atomic E-state index is 0.704. The summed E-state index contributed by atoms with van der Waals surface area (Å²) in [6.45, 7) is 6.11. The van der Waals surface area contributed by atoms with Crippen molar-refractivity contribution in [3.8, 4) is 5.75 Å². The Morgan fingerprint density at radius 2 is 1.19 bits per heavy atom. The predicted octanol–water partition coefficient (Wildman–Crippen LogP) is 5.89. The molecular weight excluding hydrogens is 336 g/mol. The summed E-state index contributed by atoms with van der Waals surface area (Å²) >= 11 is 0. The summed E-state index contributed by atoms with van der Waals surface area (Å²) < 4.78 is 5.06. The van der Waals surface area contributed by atoms with Gasteiger partial charge >= 0.3 is 0 Å². The molecule has 0 unspecified atom stereocenters. The summed E-state index contributed by atoms with van der Waals surface area (Å²) in [6.07, 6.45) is 0. The fourth-order valence-corrected chi connectivity index (χ4v) is 2.26. The molecule has 0 aliphatic rings. The van der Waals surface area contributed by atoms with Crippen LogP contribution in [0.25, 0.3) is 0 Å². The second kappa shape index (κ2) is 9.38. The molecule has 0 bridgehead atoms. The van der Waals surface area contributed by atoms with Gasteiger partial charge in [-0.3, -0.25) is 0 Å². The van der Waals surface area contributed by atoms with Crippen LogP contribution in [0.15, 0.2) is 70.9 Å². The summed E-state index contributed by atoms with van der Waals surface area (Å²) in [7, 11) is 1.63. The number of anilines is 2. The molecule has 0 atom stereocenters. The smallest absolute Gasteiger partial charge is 0.142 e. The van der Waals surface area contributed by atoms with Gasteiger partial charge in [0.2, 0.25) is 0 Å². The number of methoxy groups -OCH3 is 1. The van der Waals surface area contributed by atoms with Gasteiger partial charge in [-0.1, -0.05) is 17.7 Å². The van der Waals surface area contributed by atoms with Gasteiger partial charge in [0.1, 0.15) is 5.75 Å². The molecule has 0 radical (unpaired) electrons. The van der Waals surface area contributed by atoms with Crippen LogP contribution in [0, 0.1) is 20.8 Å². The van der Waals surface area contributed by atoms with E-state index in [0.717, 1.165) is 22.8 Å². The van der Waals surface area contributed by atoms with Crippen molar-refractivity contribution in [3.63, 3.8) is 0 Å². The highest BCUT2D eigenvalue weighted by Gasteiger charge is 2.00. The molecule has 0 aliphatic carbocycles. The van der Waals surface area contributed by atoms with Crippen LogP contribution in [0.5, 0.6) is 5.75 Å². The Morgan fingerprint density at radius 1 is 0.704 bits per heavy atom.